The highest BCUT2D eigenvalue weighted by atomic mass is 79.9. The number of carbonyl (C=O) groups excluding carboxylic acids is 1. The summed E-state index contributed by atoms with van der Waals surface area (Å²) in [6.45, 7) is 6.55. The van der Waals surface area contributed by atoms with E-state index in [-0.39, 0.29) is 12.1 Å². The van der Waals surface area contributed by atoms with E-state index in [2.05, 4.69) is 27.3 Å². The van der Waals surface area contributed by atoms with Gasteiger partial charge in [-0.2, -0.15) is 5.26 Å². The zero-order chi connectivity index (χ0) is 15.6. The van der Waals surface area contributed by atoms with Crippen molar-refractivity contribution < 1.29 is 13.9 Å². The van der Waals surface area contributed by atoms with Crippen LogP contribution in [0.5, 0.6) is 0 Å². The number of rotatable bonds is 3. The van der Waals surface area contributed by atoms with Gasteiger partial charge in [0, 0.05) is 19.1 Å². The Balaban J connectivity index is 1.82. The fourth-order valence-corrected chi connectivity index (χ4v) is 2.28. The second-order valence-electron chi connectivity index (χ2n) is 5.95. The highest BCUT2D eigenvalue weighted by Gasteiger charge is 2.35. The van der Waals surface area contributed by atoms with Crippen molar-refractivity contribution in [2.24, 2.45) is 0 Å². The number of halogens is 1. The molecule has 1 unspecified atom stereocenters. The highest BCUT2D eigenvalue weighted by Crippen LogP contribution is 2.22. The van der Waals surface area contributed by atoms with E-state index in [0.29, 0.717) is 23.5 Å². The average Bonchev–Trinajstić information content (AvgIpc) is 2.72. The molecule has 1 aliphatic heterocycles. The van der Waals surface area contributed by atoms with Crippen LogP contribution in [0.2, 0.25) is 0 Å². The molecule has 114 valence electrons. The lowest BCUT2D eigenvalue weighted by Gasteiger charge is -2.40. The Morgan fingerprint density at radius 1 is 1.57 bits per heavy atom. The van der Waals surface area contributed by atoms with Crippen LogP contribution in [0.1, 0.15) is 32.6 Å². The molecule has 1 saturated heterocycles. The van der Waals surface area contributed by atoms with Crippen LogP contribution >= 0.6 is 15.9 Å². The minimum absolute atomic E-state index is 0.0612. The summed E-state index contributed by atoms with van der Waals surface area (Å²) < 4.78 is 11.2. The zero-order valence-electron chi connectivity index (χ0n) is 12.2. The fraction of sp³-hybridized carbons (Fsp3) is 0.571. The Labute approximate surface area is 132 Å². The van der Waals surface area contributed by atoms with Gasteiger partial charge in [0.2, 0.25) is 0 Å². The summed E-state index contributed by atoms with van der Waals surface area (Å²) >= 11 is 3.21. The quantitative estimate of drug-likeness (QED) is 0.901. The molecule has 6 nitrogen and oxygen atoms in total. The minimum Gasteiger partial charge on any atom is -0.452 e. The lowest BCUT2D eigenvalue weighted by molar-refractivity contribution is 0.00456. The van der Waals surface area contributed by atoms with E-state index in [4.69, 9.17) is 9.15 Å². The van der Waals surface area contributed by atoms with Crippen molar-refractivity contribution in [1.29, 1.82) is 5.26 Å². The molecule has 0 aromatic carbocycles. The largest absolute Gasteiger partial charge is 0.452 e. The molecule has 1 amide bonds. The molecule has 1 N–H and O–H groups in total. The topological polar surface area (TPSA) is 78.5 Å². The molecule has 1 atom stereocenters. The first-order valence-corrected chi connectivity index (χ1v) is 7.46. The summed E-state index contributed by atoms with van der Waals surface area (Å²) in [4.78, 5) is 13.4. The van der Waals surface area contributed by atoms with E-state index in [9.17, 15) is 10.1 Å². The van der Waals surface area contributed by atoms with Crippen LogP contribution in [0.25, 0.3) is 0 Å². The molecule has 0 spiro atoms. The summed E-state index contributed by atoms with van der Waals surface area (Å²) in [6, 6.07) is 5.18. The molecule has 2 rings (SSSR count). The second-order valence-corrected chi connectivity index (χ2v) is 6.73. The molecule has 0 bridgehead atoms. The molecule has 2 heterocycles. The first kappa shape index (κ1) is 15.9. The molecular formula is C14H18BrN3O3. The zero-order valence-corrected chi connectivity index (χ0v) is 13.8. The van der Waals surface area contributed by atoms with Crippen LogP contribution in [0, 0.1) is 11.3 Å². The number of nitrogens with one attached hydrogen (secondary N) is 1. The Morgan fingerprint density at radius 2 is 2.24 bits per heavy atom. The summed E-state index contributed by atoms with van der Waals surface area (Å²) in [5.41, 5.74) is -0.495. The van der Waals surface area contributed by atoms with Gasteiger partial charge in [-0.3, -0.25) is 5.32 Å². The molecule has 0 radical (unpaired) electrons. The monoisotopic (exact) mass is 355 g/mol. The number of furan rings is 1. The lowest BCUT2D eigenvalue weighted by Crippen LogP contribution is -2.60. The van der Waals surface area contributed by atoms with E-state index in [1.54, 1.807) is 17.0 Å². The summed E-state index contributed by atoms with van der Waals surface area (Å²) in [6.07, 6.45) is -0.324. The Morgan fingerprint density at radius 3 is 2.71 bits per heavy atom. The molecule has 1 aromatic heterocycles. The average molecular weight is 356 g/mol. The molecule has 1 aromatic rings. The number of nitrogens with zero attached hydrogens (tertiary/aromatic N) is 2. The van der Waals surface area contributed by atoms with E-state index >= 15 is 0 Å². The van der Waals surface area contributed by atoms with Crippen molar-refractivity contribution >= 4 is 22.0 Å². The molecule has 21 heavy (non-hydrogen) atoms. The van der Waals surface area contributed by atoms with E-state index in [1.165, 1.54) is 0 Å². The number of hydrogen-bond acceptors (Lipinski definition) is 5. The Kier molecular flexibility index (Phi) is 4.59. The van der Waals surface area contributed by atoms with Crippen molar-refractivity contribution in [2.45, 2.75) is 38.5 Å². The molecule has 0 aliphatic carbocycles. The van der Waals surface area contributed by atoms with Gasteiger partial charge in [-0.25, -0.2) is 4.79 Å². The molecule has 0 saturated carbocycles. The fourth-order valence-electron chi connectivity index (χ4n) is 1.96. The summed E-state index contributed by atoms with van der Waals surface area (Å²) in [7, 11) is 0. The van der Waals surface area contributed by atoms with Crippen LogP contribution in [-0.2, 0) is 4.74 Å². The molecule has 7 heteroatoms. The maximum Gasteiger partial charge on any atom is 0.410 e. The van der Waals surface area contributed by atoms with Gasteiger partial charge < -0.3 is 14.1 Å². The summed E-state index contributed by atoms with van der Waals surface area (Å²) in [5, 5.41) is 12.3. The van der Waals surface area contributed by atoms with Gasteiger partial charge in [-0.1, -0.05) is 0 Å². The minimum atomic E-state index is -0.526. The van der Waals surface area contributed by atoms with Gasteiger partial charge in [-0.05, 0) is 48.8 Å². The van der Waals surface area contributed by atoms with Crippen LogP contribution < -0.4 is 5.32 Å². The third kappa shape index (κ3) is 4.22. The predicted molar refractivity (Wildman–Crippen MR) is 79.5 cm³/mol. The number of carbonyl (C=O) groups is 1. The van der Waals surface area contributed by atoms with Crippen molar-refractivity contribution in [3.63, 3.8) is 0 Å². The van der Waals surface area contributed by atoms with Crippen molar-refractivity contribution in [3.05, 3.63) is 22.6 Å². The standard InChI is InChI=1S/C14H18BrN3O3/c1-14(2,3)21-13(19)18-7-9(8-18)17-10(6-16)11-4-5-12(15)20-11/h4-5,9-10,17H,7-8H2,1-3H3. The van der Waals surface area contributed by atoms with Gasteiger partial charge in [0.25, 0.3) is 0 Å². The molecule has 1 fully saturated rings. The third-order valence-corrected chi connectivity index (χ3v) is 3.37. The van der Waals surface area contributed by atoms with E-state index in [1.807, 2.05) is 20.8 Å². The number of amides is 1. The lowest BCUT2D eigenvalue weighted by atomic mass is 10.1. The Bertz CT molecular complexity index is 553. The predicted octanol–water partition coefficient (Wildman–Crippen LogP) is 2.82. The molecular weight excluding hydrogens is 338 g/mol. The first-order valence-electron chi connectivity index (χ1n) is 6.67. The number of likely N-dealkylation sites (tertiary alicyclic amines) is 1. The molecule has 1 aliphatic rings. The van der Waals surface area contributed by atoms with Gasteiger partial charge in [0.1, 0.15) is 11.4 Å². The Hall–Kier alpha value is -1.52. The van der Waals surface area contributed by atoms with Gasteiger partial charge in [0.15, 0.2) is 10.7 Å². The van der Waals surface area contributed by atoms with Crippen LogP contribution in [0.3, 0.4) is 0 Å². The van der Waals surface area contributed by atoms with Crippen LogP contribution in [-0.4, -0.2) is 35.7 Å². The van der Waals surface area contributed by atoms with Crippen molar-refractivity contribution in [2.75, 3.05) is 13.1 Å². The maximum atomic E-state index is 11.8. The summed E-state index contributed by atoms with van der Waals surface area (Å²) in [5.74, 6) is 0.556. The van der Waals surface area contributed by atoms with Gasteiger partial charge in [0.05, 0.1) is 6.07 Å². The second kappa shape index (κ2) is 6.08. The first-order chi connectivity index (χ1) is 9.78. The number of ether oxygens (including phenoxy) is 1. The van der Waals surface area contributed by atoms with Gasteiger partial charge >= 0.3 is 6.09 Å². The van der Waals surface area contributed by atoms with Crippen molar-refractivity contribution in [3.8, 4) is 6.07 Å². The normalized spacial score (nSPS) is 17.0. The van der Waals surface area contributed by atoms with E-state index < -0.39 is 11.6 Å². The van der Waals surface area contributed by atoms with Crippen LogP contribution in [0.4, 0.5) is 4.79 Å². The maximum absolute atomic E-state index is 11.8. The number of hydrogen-bond donors (Lipinski definition) is 1. The van der Waals surface area contributed by atoms with Gasteiger partial charge in [-0.15, -0.1) is 0 Å². The SMILES string of the molecule is CC(C)(C)OC(=O)N1CC(NC(C#N)c2ccc(Br)o2)C1. The smallest absolute Gasteiger partial charge is 0.410 e. The van der Waals surface area contributed by atoms with E-state index in [0.717, 1.165) is 0 Å². The van der Waals surface area contributed by atoms with Crippen molar-refractivity contribution in [1.82, 2.24) is 10.2 Å². The van der Waals surface area contributed by atoms with Crippen LogP contribution in [0.15, 0.2) is 21.2 Å². The number of nitriles is 1. The highest BCUT2D eigenvalue weighted by molar-refractivity contribution is 9.10. The third-order valence-electron chi connectivity index (χ3n) is 2.94.